The van der Waals surface area contributed by atoms with Gasteiger partial charge in [-0.2, -0.15) is 0 Å². The standard InChI is InChI=1S/C13H20N2O4/c1-4-8(7-16)15-13(17)10-5-9(18-2)6-11(19-3)12(10)14/h5-6,8,16H,4,7,14H2,1-3H3,(H,15,17). The number of carbonyl (C=O) groups is 1. The maximum atomic E-state index is 12.1. The summed E-state index contributed by atoms with van der Waals surface area (Å²) in [4.78, 5) is 12.1. The predicted molar refractivity (Wildman–Crippen MR) is 72.6 cm³/mol. The summed E-state index contributed by atoms with van der Waals surface area (Å²) in [6, 6.07) is 2.84. The summed E-state index contributed by atoms with van der Waals surface area (Å²) < 4.78 is 10.2. The molecule has 0 aliphatic carbocycles. The Bertz CT molecular complexity index is 445. The number of anilines is 1. The Balaban J connectivity index is 3.07. The van der Waals surface area contributed by atoms with Crippen LogP contribution in [0, 0.1) is 0 Å². The van der Waals surface area contributed by atoms with Gasteiger partial charge in [0.1, 0.15) is 11.5 Å². The second-order valence-corrected chi connectivity index (χ2v) is 4.05. The lowest BCUT2D eigenvalue weighted by molar-refractivity contribution is 0.0915. The van der Waals surface area contributed by atoms with Crippen LogP contribution in [0.25, 0.3) is 0 Å². The maximum absolute atomic E-state index is 12.1. The van der Waals surface area contributed by atoms with Crippen molar-refractivity contribution in [2.45, 2.75) is 19.4 Å². The van der Waals surface area contributed by atoms with E-state index in [1.54, 1.807) is 6.07 Å². The zero-order valence-corrected chi connectivity index (χ0v) is 11.4. The Morgan fingerprint density at radius 2 is 2.11 bits per heavy atom. The topological polar surface area (TPSA) is 93.8 Å². The Labute approximate surface area is 112 Å². The van der Waals surface area contributed by atoms with Crippen LogP contribution in [0.3, 0.4) is 0 Å². The van der Waals surface area contributed by atoms with Crippen molar-refractivity contribution in [2.75, 3.05) is 26.6 Å². The lowest BCUT2D eigenvalue weighted by atomic mass is 10.1. The van der Waals surface area contributed by atoms with Crippen molar-refractivity contribution in [3.8, 4) is 11.5 Å². The van der Waals surface area contributed by atoms with Crippen molar-refractivity contribution >= 4 is 11.6 Å². The molecule has 0 spiro atoms. The van der Waals surface area contributed by atoms with Crippen molar-refractivity contribution in [1.82, 2.24) is 5.32 Å². The van der Waals surface area contributed by atoms with Crippen LogP contribution < -0.4 is 20.5 Å². The number of carbonyl (C=O) groups excluding carboxylic acids is 1. The number of nitrogen functional groups attached to an aromatic ring is 1. The minimum atomic E-state index is -0.365. The van der Waals surface area contributed by atoms with Crippen LogP contribution in [-0.2, 0) is 0 Å². The summed E-state index contributed by atoms with van der Waals surface area (Å²) in [7, 11) is 2.96. The van der Waals surface area contributed by atoms with Crippen molar-refractivity contribution < 1.29 is 19.4 Å². The fourth-order valence-corrected chi connectivity index (χ4v) is 1.62. The number of hydrogen-bond donors (Lipinski definition) is 3. The molecule has 0 heterocycles. The average Bonchev–Trinajstić information content (AvgIpc) is 2.44. The van der Waals surface area contributed by atoms with E-state index in [1.165, 1.54) is 20.3 Å². The molecule has 0 bridgehead atoms. The summed E-state index contributed by atoms with van der Waals surface area (Å²) in [5.74, 6) is 0.491. The van der Waals surface area contributed by atoms with E-state index in [1.807, 2.05) is 6.92 Å². The van der Waals surface area contributed by atoms with Gasteiger partial charge < -0.3 is 25.6 Å². The first-order chi connectivity index (χ1) is 9.07. The van der Waals surface area contributed by atoms with E-state index in [4.69, 9.17) is 20.3 Å². The lowest BCUT2D eigenvalue weighted by Crippen LogP contribution is -2.37. The van der Waals surface area contributed by atoms with E-state index >= 15 is 0 Å². The van der Waals surface area contributed by atoms with Gasteiger partial charge in [-0.05, 0) is 12.5 Å². The number of benzene rings is 1. The highest BCUT2D eigenvalue weighted by Gasteiger charge is 2.18. The molecule has 0 fully saturated rings. The summed E-state index contributed by atoms with van der Waals surface area (Å²) in [6.45, 7) is 1.75. The molecule has 0 aliphatic rings. The van der Waals surface area contributed by atoms with E-state index in [0.29, 0.717) is 17.9 Å². The Morgan fingerprint density at radius 1 is 1.42 bits per heavy atom. The number of aliphatic hydroxyl groups excluding tert-OH is 1. The van der Waals surface area contributed by atoms with E-state index in [2.05, 4.69) is 5.32 Å². The molecule has 0 saturated carbocycles. The minimum absolute atomic E-state index is 0.122. The molecule has 1 aromatic rings. The number of ether oxygens (including phenoxy) is 2. The molecule has 0 aromatic heterocycles. The SMILES string of the molecule is CCC(CO)NC(=O)c1cc(OC)cc(OC)c1N. The number of methoxy groups -OCH3 is 2. The number of rotatable bonds is 6. The van der Waals surface area contributed by atoms with Crippen LogP contribution in [-0.4, -0.2) is 37.9 Å². The predicted octanol–water partition coefficient (Wildman–Crippen LogP) is 0.787. The Hall–Kier alpha value is -1.95. The molecule has 19 heavy (non-hydrogen) atoms. The van der Waals surface area contributed by atoms with E-state index in [9.17, 15) is 4.79 Å². The highest BCUT2D eigenvalue weighted by atomic mass is 16.5. The van der Waals surface area contributed by atoms with Gasteiger partial charge in [-0.1, -0.05) is 6.92 Å². The summed E-state index contributed by atoms with van der Waals surface area (Å²) >= 11 is 0. The van der Waals surface area contributed by atoms with Crippen molar-refractivity contribution in [3.63, 3.8) is 0 Å². The van der Waals surface area contributed by atoms with Crippen LogP contribution in [0.5, 0.6) is 11.5 Å². The normalized spacial score (nSPS) is 11.8. The quantitative estimate of drug-likeness (QED) is 0.663. The van der Waals surface area contributed by atoms with Gasteiger partial charge in [0, 0.05) is 6.07 Å². The second kappa shape index (κ2) is 6.84. The van der Waals surface area contributed by atoms with Gasteiger partial charge in [0.2, 0.25) is 0 Å². The molecule has 1 atom stereocenters. The third-order valence-electron chi connectivity index (χ3n) is 2.86. The molecule has 1 aromatic carbocycles. The van der Waals surface area contributed by atoms with Crippen molar-refractivity contribution in [2.24, 2.45) is 0 Å². The molecule has 6 nitrogen and oxygen atoms in total. The molecular formula is C13H20N2O4. The molecule has 0 radical (unpaired) electrons. The van der Waals surface area contributed by atoms with Crippen LogP contribution in [0.15, 0.2) is 12.1 Å². The molecule has 0 aliphatic heterocycles. The van der Waals surface area contributed by atoms with Gasteiger partial charge in [0.25, 0.3) is 5.91 Å². The number of aliphatic hydroxyl groups is 1. The van der Waals surface area contributed by atoms with Crippen LogP contribution in [0.2, 0.25) is 0 Å². The summed E-state index contributed by atoms with van der Waals surface area (Å²) in [5.41, 5.74) is 6.38. The zero-order chi connectivity index (χ0) is 14.4. The Morgan fingerprint density at radius 3 is 2.58 bits per heavy atom. The first-order valence-electron chi connectivity index (χ1n) is 6.00. The molecule has 6 heteroatoms. The summed E-state index contributed by atoms with van der Waals surface area (Å²) in [6.07, 6.45) is 0.628. The molecule has 1 amide bonds. The monoisotopic (exact) mass is 268 g/mol. The summed E-state index contributed by atoms with van der Waals surface area (Å²) in [5, 5.41) is 11.8. The molecule has 1 unspecified atom stereocenters. The van der Waals surface area contributed by atoms with Crippen LogP contribution in [0.1, 0.15) is 23.7 Å². The average molecular weight is 268 g/mol. The van der Waals surface area contributed by atoms with Crippen LogP contribution in [0.4, 0.5) is 5.69 Å². The third kappa shape index (κ3) is 3.51. The fourth-order valence-electron chi connectivity index (χ4n) is 1.62. The highest BCUT2D eigenvalue weighted by Crippen LogP contribution is 2.31. The smallest absolute Gasteiger partial charge is 0.253 e. The molecule has 4 N–H and O–H groups in total. The van der Waals surface area contributed by atoms with E-state index in [0.717, 1.165) is 0 Å². The zero-order valence-electron chi connectivity index (χ0n) is 11.4. The second-order valence-electron chi connectivity index (χ2n) is 4.05. The van der Waals surface area contributed by atoms with Gasteiger partial charge in [0.05, 0.1) is 38.1 Å². The molecule has 106 valence electrons. The lowest BCUT2D eigenvalue weighted by Gasteiger charge is -2.16. The van der Waals surface area contributed by atoms with Gasteiger partial charge in [-0.3, -0.25) is 4.79 Å². The highest BCUT2D eigenvalue weighted by molar-refractivity contribution is 6.01. The molecular weight excluding hydrogens is 248 g/mol. The number of nitrogens with two attached hydrogens (primary N) is 1. The van der Waals surface area contributed by atoms with E-state index < -0.39 is 0 Å². The first-order valence-corrected chi connectivity index (χ1v) is 6.00. The number of amides is 1. The Kier molecular flexibility index (Phi) is 5.44. The largest absolute Gasteiger partial charge is 0.497 e. The minimum Gasteiger partial charge on any atom is -0.497 e. The van der Waals surface area contributed by atoms with Gasteiger partial charge in [-0.25, -0.2) is 0 Å². The van der Waals surface area contributed by atoms with Gasteiger partial charge >= 0.3 is 0 Å². The molecule has 1 rings (SSSR count). The van der Waals surface area contributed by atoms with Crippen molar-refractivity contribution in [1.29, 1.82) is 0 Å². The van der Waals surface area contributed by atoms with Gasteiger partial charge in [0.15, 0.2) is 0 Å². The fraction of sp³-hybridized carbons (Fsp3) is 0.462. The number of hydrogen-bond acceptors (Lipinski definition) is 5. The maximum Gasteiger partial charge on any atom is 0.253 e. The number of nitrogens with one attached hydrogen (secondary N) is 1. The van der Waals surface area contributed by atoms with E-state index in [-0.39, 0.29) is 29.8 Å². The third-order valence-corrected chi connectivity index (χ3v) is 2.86. The molecule has 0 saturated heterocycles. The first kappa shape index (κ1) is 15.1. The van der Waals surface area contributed by atoms with Crippen LogP contribution >= 0.6 is 0 Å². The van der Waals surface area contributed by atoms with Crippen molar-refractivity contribution in [3.05, 3.63) is 17.7 Å². The van der Waals surface area contributed by atoms with Gasteiger partial charge in [-0.15, -0.1) is 0 Å².